The lowest BCUT2D eigenvalue weighted by molar-refractivity contribution is 0.360. The van der Waals surface area contributed by atoms with Gasteiger partial charge in [-0.3, -0.25) is 4.98 Å². The molecule has 5 aromatic rings. The number of rotatable bonds is 5. The van der Waals surface area contributed by atoms with Crippen molar-refractivity contribution in [2.75, 3.05) is 29.9 Å². The molecule has 38 heavy (non-hydrogen) atoms. The van der Waals surface area contributed by atoms with Crippen LogP contribution < -0.4 is 15.5 Å². The molecule has 1 saturated carbocycles. The van der Waals surface area contributed by atoms with Gasteiger partial charge in [-0.2, -0.15) is 4.98 Å². The van der Waals surface area contributed by atoms with Crippen LogP contribution in [0.1, 0.15) is 37.2 Å². The molecule has 10 heteroatoms. The number of hydrogen-bond acceptors (Lipinski definition) is 9. The van der Waals surface area contributed by atoms with Gasteiger partial charge in [0.05, 0.1) is 11.7 Å². The van der Waals surface area contributed by atoms with Crippen LogP contribution in [0.3, 0.4) is 0 Å². The highest BCUT2D eigenvalue weighted by Gasteiger charge is 2.38. The molecule has 3 fully saturated rings. The minimum atomic E-state index is 0.494. The normalized spacial score (nSPS) is 21.2. The van der Waals surface area contributed by atoms with Crippen LogP contribution in [0.15, 0.2) is 55.1 Å². The first-order chi connectivity index (χ1) is 18.8. The van der Waals surface area contributed by atoms with E-state index < -0.39 is 0 Å². The van der Waals surface area contributed by atoms with Gasteiger partial charge in [0.15, 0.2) is 11.5 Å². The Hall–Kier alpha value is -4.18. The van der Waals surface area contributed by atoms with Gasteiger partial charge in [0.2, 0.25) is 5.95 Å². The second kappa shape index (κ2) is 8.70. The van der Waals surface area contributed by atoms with Crippen LogP contribution in [-0.4, -0.2) is 60.2 Å². The topological polar surface area (TPSA) is 109 Å². The van der Waals surface area contributed by atoms with E-state index >= 15 is 0 Å². The number of nitrogens with zero attached hydrogens (tertiary/aromatic N) is 8. The first kappa shape index (κ1) is 21.9. The Kier molecular flexibility index (Phi) is 5.00. The van der Waals surface area contributed by atoms with E-state index in [2.05, 4.69) is 35.6 Å². The molecular weight excluding hydrogens is 476 g/mol. The Morgan fingerprint density at radius 1 is 1.00 bits per heavy atom. The van der Waals surface area contributed by atoms with Crippen molar-refractivity contribution in [3.63, 3.8) is 0 Å². The van der Waals surface area contributed by atoms with Crippen molar-refractivity contribution in [2.45, 2.75) is 37.6 Å². The van der Waals surface area contributed by atoms with E-state index in [9.17, 15) is 0 Å². The predicted octanol–water partition coefficient (Wildman–Crippen LogP) is 3.94. The third kappa shape index (κ3) is 3.75. The van der Waals surface area contributed by atoms with E-state index in [0.717, 1.165) is 48.6 Å². The van der Waals surface area contributed by atoms with Crippen molar-refractivity contribution in [1.82, 2.24) is 39.9 Å². The van der Waals surface area contributed by atoms with E-state index in [1.807, 2.05) is 48.9 Å². The third-order valence-electron chi connectivity index (χ3n) is 8.11. The second-order valence-corrected chi connectivity index (χ2v) is 10.6. The molecule has 1 aliphatic carbocycles. The van der Waals surface area contributed by atoms with Crippen LogP contribution in [0.2, 0.25) is 0 Å². The maximum Gasteiger partial charge on any atom is 0.248 e. The van der Waals surface area contributed by atoms with Gasteiger partial charge in [-0.15, -0.1) is 5.10 Å². The van der Waals surface area contributed by atoms with E-state index in [4.69, 9.17) is 9.97 Å². The quantitative estimate of drug-likeness (QED) is 0.368. The standard InChI is InChI=1S/C28H28N10/c1-2-11-38-24(3-1)34-28(36-38)33-23-13-18(6-10-31-23)26-32-21-16-30-15-20(17-4-5-17)25(21)27(35-26)37-12-8-19-14-29-9-7-22(19)37/h1-3,6,10-11,13,15-17,19,22,29H,4-5,7-9,12,14H2,(H,31,33,36). The summed E-state index contributed by atoms with van der Waals surface area (Å²) in [5.74, 6) is 4.13. The average molecular weight is 505 g/mol. The molecule has 3 aliphatic rings. The third-order valence-corrected chi connectivity index (χ3v) is 8.11. The maximum atomic E-state index is 5.27. The summed E-state index contributed by atoms with van der Waals surface area (Å²) in [6.45, 7) is 3.17. The zero-order valence-corrected chi connectivity index (χ0v) is 21.0. The molecule has 5 aromatic heterocycles. The Morgan fingerprint density at radius 2 is 1.97 bits per heavy atom. The smallest absolute Gasteiger partial charge is 0.248 e. The minimum Gasteiger partial charge on any atom is -0.353 e. The molecule has 7 heterocycles. The zero-order chi connectivity index (χ0) is 25.1. The molecule has 2 N–H and O–H groups in total. The molecule has 0 radical (unpaired) electrons. The van der Waals surface area contributed by atoms with Gasteiger partial charge in [-0.1, -0.05) is 6.07 Å². The summed E-state index contributed by atoms with van der Waals surface area (Å²) < 4.78 is 1.74. The van der Waals surface area contributed by atoms with Crippen molar-refractivity contribution in [3.05, 3.63) is 60.7 Å². The number of anilines is 3. The maximum absolute atomic E-state index is 5.27. The molecule has 0 spiro atoms. The van der Waals surface area contributed by atoms with Crippen LogP contribution >= 0.6 is 0 Å². The number of fused-ring (bicyclic) bond motifs is 3. The summed E-state index contributed by atoms with van der Waals surface area (Å²) in [7, 11) is 0. The van der Waals surface area contributed by atoms with Crippen molar-refractivity contribution >= 4 is 34.1 Å². The molecule has 2 atom stereocenters. The van der Waals surface area contributed by atoms with Gasteiger partial charge >= 0.3 is 0 Å². The number of hydrogen-bond donors (Lipinski definition) is 2. The molecule has 2 unspecified atom stereocenters. The van der Waals surface area contributed by atoms with Crippen LogP contribution in [0, 0.1) is 5.92 Å². The minimum absolute atomic E-state index is 0.494. The molecule has 0 bridgehead atoms. The van der Waals surface area contributed by atoms with Gasteiger partial charge in [-0.05, 0) is 80.4 Å². The van der Waals surface area contributed by atoms with E-state index in [0.29, 0.717) is 35.5 Å². The first-order valence-electron chi connectivity index (χ1n) is 13.5. The molecule has 0 amide bonds. The zero-order valence-electron chi connectivity index (χ0n) is 21.0. The Bertz CT molecular complexity index is 1630. The molecule has 2 aliphatic heterocycles. The predicted molar refractivity (Wildman–Crippen MR) is 146 cm³/mol. The molecule has 8 rings (SSSR count). The molecule has 2 saturated heterocycles. The van der Waals surface area contributed by atoms with Crippen molar-refractivity contribution in [1.29, 1.82) is 0 Å². The molecule has 0 aromatic carbocycles. The van der Waals surface area contributed by atoms with Crippen molar-refractivity contribution in [3.8, 4) is 11.4 Å². The molecule has 190 valence electrons. The fourth-order valence-corrected chi connectivity index (χ4v) is 6.11. The van der Waals surface area contributed by atoms with E-state index in [1.54, 1.807) is 10.7 Å². The molecular formula is C28H28N10. The second-order valence-electron chi connectivity index (χ2n) is 10.6. The summed E-state index contributed by atoms with van der Waals surface area (Å²) in [6.07, 6.45) is 12.4. The van der Waals surface area contributed by atoms with Crippen LogP contribution in [-0.2, 0) is 0 Å². The Labute approximate surface area is 219 Å². The highest BCUT2D eigenvalue weighted by atomic mass is 15.3. The molecule has 10 nitrogen and oxygen atoms in total. The highest BCUT2D eigenvalue weighted by molar-refractivity contribution is 5.94. The van der Waals surface area contributed by atoms with Crippen LogP contribution in [0.4, 0.5) is 17.6 Å². The lowest BCUT2D eigenvalue weighted by Crippen LogP contribution is -2.44. The number of pyridine rings is 3. The van der Waals surface area contributed by atoms with Gasteiger partial charge < -0.3 is 15.5 Å². The summed E-state index contributed by atoms with van der Waals surface area (Å²) >= 11 is 0. The average Bonchev–Trinajstić information content (AvgIpc) is 3.59. The SMILES string of the molecule is c1ccn2nc(Nc3cc(-c4nc(N5CCC6CNCCC65)c5c(C6CC6)cncc5n4)ccn3)nc2c1. The van der Waals surface area contributed by atoms with Gasteiger partial charge in [0, 0.05) is 42.1 Å². The highest BCUT2D eigenvalue weighted by Crippen LogP contribution is 2.46. The van der Waals surface area contributed by atoms with Crippen LogP contribution in [0.25, 0.3) is 27.9 Å². The number of piperidine rings is 1. The van der Waals surface area contributed by atoms with Gasteiger partial charge in [-0.25, -0.2) is 19.5 Å². The van der Waals surface area contributed by atoms with Crippen LogP contribution in [0.5, 0.6) is 0 Å². The lowest BCUT2D eigenvalue weighted by atomic mass is 9.94. The fourth-order valence-electron chi connectivity index (χ4n) is 6.11. The number of nitrogens with one attached hydrogen (secondary N) is 2. The van der Waals surface area contributed by atoms with Crippen molar-refractivity contribution in [2.24, 2.45) is 5.92 Å². The number of aromatic nitrogens is 7. The fraction of sp³-hybridized carbons (Fsp3) is 0.357. The lowest BCUT2D eigenvalue weighted by Gasteiger charge is -2.33. The summed E-state index contributed by atoms with van der Waals surface area (Å²) in [5, 5.41) is 12.5. The monoisotopic (exact) mass is 504 g/mol. The largest absolute Gasteiger partial charge is 0.353 e. The first-order valence-corrected chi connectivity index (χ1v) is 13.5. The van der Waals surface area contributed by atoms with E-state index in [-0.39, 0.29) is 0 Å². The van der Waals surface area contributed by atoms with Gasteiger partial charge in [0.25, 0.3) is 0 Å². The summed E-state index contributed by atoms with van der Waals surface area (Å²) in [4.78, 5) is 26.5. The summed E-state index contributed by atoms with van der Waals surface area (Å²) in [6, 6.07) is 10.2. The Balaban J connectivity index is 1.21. The Morgan fingerprint density at radius 3 is 2.89 bits per heavy atom. The van der Waals surface area contributed by atoms with Gasteiger partial charge in [0.1, 0.15) is 11.6 Å². The van der Waals surface area contributed by atoms with E-state index in [1.165, 1.54) is 30.2 Å². The summed E-state index contributed by atoms with van der Waals surface area (Å²) in [5.41, 5.74) is 3.89. The van der Waals surface area contributed by atoms with Crippen molar-refractivity contribution < 1.29 is 0 Å².